The topological polar surface area (TPSA) is 71.3 Å². The van der Waals surface area contributed by atoms with Crippen molar-refractivity contribution in [2.45, 2.75) is 11.0 Å². The average molecular weight is 298 g/mol. The molecule has 2 rings (SSSR count). The number of benzene rings is 1. The first-order valence-corrected chi connectivity index (χ1v) is 7.43. The summed E-state index contributed by atoms with van der Waals surface area (Å²) in [5.74, 6) is -0.629. The van der Waals surface area contributed by atoms with Crippen molar-refractivity contribution >= 4 is 10.0 Å². The van der Waals surface area contributed by atoms with Crippen LogP contribution in [0.5, 0.6) is 0 Å². The molecule has 1 aromatic carbocycles. The van der Waals surface area contributed by atoms with Gasteiger partial charge in [-0.05, 0) is 30.3 Å². The molecule has 0 saturated heterocycles. The van der Waals surface area contributed by atoms with E-state index in [0.717, 1.165) is 12.1 Å². The molecule has 0 fully saturated rings. The van der Waals surface area contributed by atoms with Gasteiger partial charge in [0, 0.05) is 25.5 Å². The molecule has 2 N–H and O–H groups in total. The summed E-state index contributed by atoms with van der Waals surface area (Å²) in [4.78, 5) is -0.170. The molecule has 0 amide bonds. The molecule has 5 nitrogen and oxygen atoms in total. The predicted octanol–water partition coefficient (Wildman–Crippen LogP) is 1.18. The Morgan fingerprint density at radius 1 is 1.35 bits per heavy atom. The van der Waals surface area contributed by atoms with Crippen LogP contribution in [0.3, 0.4) is 0 Å². The third-order valence-corrected chi connectivity index (χ3v) is 4.32. The summed E-state index contributed by atoms with van der Waals surface area (Å²) in [7, 11) is -2.09. The molecule has 108 valence electrons. The fourth-order valence-corrected chi connectivity index (χ4v) is 2.90. The number of halogens is 1. The molecule has 0 bridgehead atoms. The maximum Gasteiger partial charge on any atom is 0.240 e. The lowest BCUT2D eigenvalue weighted by Crippen LogP contribution is -2.29. The number of aliphatic hydroxyl groups excluding tert-OH is 1. The van der Waals surface area contributed by atoms with Crippen molar-refractivity contribution in [2.24, 2.45) is 7.05 Å². The lowest BCUT2D eigenvalue weighted by Gasteiger charge is -2.13. The Hall–Kier alpha value is -1.70. The molecule has 0 radical (unpaired) electrons. The van der Waals surface area contributed by atoms with Crippen molar-refractivity contribution in [2.75, 3.05) is 6.54 Å². The highest BCUT2D eigenvalue weighted by Crippen LogP contribution is 2.14. The van der Waals surface area contributed by atoms with Crippen molar-refractivity contribution in [1.29, 1.82) is 0 Å². The van der Waals surface area contributed by atoms with E-state index in [4.69, 9.17) is 0 Å². The van der Waals surface area contributed by atoms with E-state index in [9.17, 15) is 17.9 Å². The van der Waals surface area contributed by atoms with Crippen LogP contribution in [0.25, 0.3) is 0 Å². The van der Waals surface area contributed by atoms with Crippen LogP contribution in [-0.4, -0.2) is 24.6 Å². The molecule has 0 aliphatic carbocycles. The zero-order chi connectivity index (χ0) is 14.8. The average Bonchev–Trinajstić information content (AvgIpc) is 2.82. The van der Waals surface area contributed by atoms with E-state index in [-0.39, 0.29) is 11.4 Å². The lowest BCUT2D eigenvalue weighted by atomic mass is 10.2. The number of nitrogens with zero attached hydrogens (tertiary/aromatic N) is 1. The number of nitrogens with one attached hydrogen (secondary N) is 1. The van der Waals surface area contributed by atoms with E-state index in [1.165, 1.54) is 12.1 Å². The molecular formula is C13H15FN2O3S. The van der Waals surface area contributed by atoms with Gasteiger partial charge in [0.2, 0.25) is 10.0 Å². The van der Waals surface area contributed by atoms with Crippen LogP contribution in [0.15, 0.2) is 47.5 Å². The zero-order valence-corrected chi connectivity index (χ0v) is 11.6. The van der Waals surface area contributed by atoms with Crippen LogP contribution in [0.4, 0.5) is 4.39 Å². The van der Waals surface area contributed by atoms with Gasteiger partial charge in [-0.2, -0.15) is 0 Å². The van der Waals surface area contributed by atoms with Gasteiger partial charge in [-0.3, -0.25) is 0 Å². The van der Waals surface area contributed by atoms with E-state index >= 15 is 0 Å². The minimum atomic E-state index is -3.84. The Labute approximate surface area is 116 Å². The van der Waals surface area contributed by atoms with Gasteiger partial charge >= 0.3 is 0 Å². The number of aryl methyl sites for hydroxylation is 1. The molecule has 20 heavy (non-hydrogen) atoms. The maximum absolute atomic E-state index is 13.0. The second-order valence-corrected chi connectivity index (χ2v) is 6.14. The van der Waals surface area contributed by atoms with Gasteiger partial charge in [0.05, 0.1) is 4.90 Å². The molecule has 0 aliphatic heterocycles. The van der Waals surface area contributed by atoms with Crippen molar-refractivity contribution < 1.29 is 17.9 Å². The van der Waals surface area contributed by atoms with Crippen LogP contribution < -0.4 is 4.72 Å². The molecule has 1 atom stereocenters. The minimum absolute atomic E-state index is 0.170. The summed E-state index contributed by atoms with van der Waals surface area (Å²) in [5.41, 5.74) is 0.590. The van der Waals surface area contributed by atoms with Crippen molar-refractivity contribution in [1.82, 2.24) is 9.29 Å². The van der Waals surface area contributed by atoms with E-state index < -0.39 is 21.9 Å². The number of hydrogen-bond donors (Lipinski definition) is 2. The Balaban J connectivity index is 2.08. The third kappa shape index (κ3) is 3.24. The Morgan fingerprint density at radius 3 is 2.70 bits per heavy atom. The molecule has 7 heteroatoms. The smallest absolute Gasteiger partial charge is 0.240 e. The molecule has 0 aliphatic rings. The maximum atomic E-state index is 13.0. The van der Waals surface area contributed by atoms with Gasteiger partial charge in [0.1, 0.15) is 11.9 Å². The number of hydrogen-bond acceptors (Lipinski definition) is 3. The van der Waals surface area contributed by atoms with E-state index in [1.54, 1.807) is 29.9 Å². The normalized spacial score (nSPS) is 13.3. The molecule has 0 spiro atoms. The van der Waals surface area contributed by atoms with Gasteiger partial charge in [0.25, 0.3) is 0 Å². The number of aliphatic hydroxyl groups is 1. The second-order valence-electron chi connectivity index (χ2n) is 4.37. The second kappa shape index (κ2) is 5.74. The lowest BCUT2D eigenvalue weighted by molar-refractivity contribution is 0.173. The first kappa shape index (κ1) is 14.7. The first-order valence-electron chi connectivity index (χ1n) is 5.94. The number of rotatable bonds is 5. The summed E-state index contributed by atoms with van der Waals surface area (Å²) in [6.45, 7) is -0.184. The highest BCUT2D eigenvalue weighted by atomic mass is 32.2. The number of aromatic nitrogens is 1. The Morgan fingerprint density at radius 2 is 2.10 bits per heavy atom. The minimum Gasteiger partial charge on any atom is -0.386 e. The van der Waals surface area contributed by atoms with Crippen LogP contribution >= 0.6 is 0 Å². The van der Waals surface area contributed by atoms with E-state index in [0.29, 0.717) is 5.69 Å². The predicted molar refractivity (Wildman–Crippen MR) is 72.0 cm³/mol. The van der Waals surface area contributed by atoms with Crippen molar-refractivity contribution in [3.05, 3.63) is 54.1 Å². The summed E-state index contributed by atoms with van der Waals surface area (Å²) in [5, 5.41) is 9.93. The summed E-state index contributed by atoms with van der Waals surface area (Å²) in [6.07, 6.45) is 0.776. The fraction of sp³-hybridized carbons (Fsp3) is 0.231. The van der Waals surface area contributed by atoms with E-state index in [2.05, 4.69) is 4.72 Å². The Bertz CT molecular complexity index is 697. The van der Waals surface area contributed by atoms with Gasteiger partial charge < -0.3 is 9.67 Å². The SMILES string of the molecule is Cn1cccc1C(O)CNS(=O)(=O)c1cccc(F)c1. The van der Waals surface area contributed by atoms with Crippen molar-refractivity contribution in [3.63, 3.8) is 0 Å². The first-order chi connectivity index (χ1) is 9.40. The summed E-state index contributed by atoms with van der Waals surface area (Å²) < 4.78 is 40.9. The molecule has 1 unspecified atom stereocenters. The molecular weight excluding hydrogens is 283 g/mol. The fourth-order valence-electron chi connectivity index (χ4n) is 1.83. The van der Waals surface area contributed by atoms with Gasteiger partial charge in [0.15, 0.2) is 0 Å². The quantitative estimate of drug-likeness (QED) is 0.870. The van der Waals surface area contributed by atoms with Gasteiger partial charge in [-0.15, -0.1) is 0 Å². The van der Waals surface area contributed by atoms with Crippen LogP contribution in [0, 0.1) is 5.82 Å². The largest absolute Gasteiger partial charge is 0.386 e. The molecule has 2 aromatic rings. The van der Waals surface area contributed by atoms with Gasteiger partial charge in [-0.1, -0.05) is 6.07 Å². The number of sulfonamides is 1. The highest BCUT2D eigenvalue weighted by molar-refractivity contribution is 7.89. The van der Waals surface area contributed by atoms with E-state index in [1.807, 2.05) is 0 Å². The van der Waals surface area contributed by atoms with Crippen molar-refractivity contribution in [3.8, 4) is 0 Å². The Kier molecular flexibility index (Phi) is 4.22. The van der Waals surface area contributed by atoms with Crippen LogP contribution in [0.1, 0.15) is 11.8 Å². The summed E-state index contributed by atoms with van der Waals surface area (Å²) in [6, 6.07) is 8.15. The standard InChI is InChI=1S/C13H15FN2O3S/c1-16-7-3-6-12(16)13(17)9-15-20(18,19)11-5-2-4-10(14)8-11/h2-8,13,15,17H,9H2,1H3. The molecule has 0 saturated carbocycles. The van der Waals surface area contributed by atoms with Gasteiger partial charge in [-0.25, -0.2) is 17.5 Å². The highest BCUT2D eigenvalue weighted by Gasteiger charge is 2.18. The molecule has 1 aromatic heterocycles. The monoisotopic (exact) mass is 298 g/mol. The van der Waals surface area contributed by atoms with Crippen LogP contribution in [-0.2, 0) is 17.1 Å². The zero-order valence-electron chi connectivity index (χ0n) is 10.8. The third-order valence-electron chi connectivity index (χ3n) is 2.90. The summed E-state index contributed by atoms with van der Waals surface area (Å²) >= 11 is 0. The molecule has 1 heterocycles. The van der Waals surface area contributed by atoms with Crippen LogP contribution in [0.2, 0.25) is 0 Å².